The molecular weight excluding hydrogens is 392 g/mol. The van der Waals surface area contributed by atoms with E-state index in [1.807, 2.05) is 30.3 Å². The molecule has 9 heteroatoms. The van der Waals surface area contributed by atoms with E-state index in [9.17, 15) is 19.2 Å². The van der Waals surface area contributed by atoms with Crippen LogP contribution in [0.3, 0.4) is 0 Å². The van der Waals surface area contributed by atoms with Crippen molar-refractivity contribution in [2.45, 2.75) is 32.4 Å². The van der Waals surface area contributed by atoms with Gasteiger partial charge in [-0.1, -0.05) is 50.2 Å². The van der Waals surface area contributed by atoms with Gasteiger partial charge in [-0.25, -0.2) is 4.79 Å². The number of benzene rings is 2. The molecule has 0 spiro atoms. The zero-order valence-electron chi connectivity index (χ0n) is 16.6. The third-order valence-electron chi connectivity index (χ3n) is 4.37. The number of hydrogen-bond donors (Lipinski definition) is 4. The first kappa shape index (κ1) is 22.7. The minimum absolute atomic E-state index is 0.345. The Labute approximate surface area is 173 Å². The highest BCUT2D eigenvalue weighted by molar-refractivity contribution is 5.92. The van der Waals surface area contributed by atoms with Crippen LogP contribution >= 0.6 is 0 Å². The van der Waals surface area contributed by atoms with Gasteiger partial charge in [0.05, 0.1) is 6.42 Å². The number of amides is 2. The van der Waals surface area contributed by atoms with E-state index in [4.69, 9.17) is 14.9 Å². The molecule has 0 bridgehead atoms. The maximum Gasteiger partial charge on any atom is 0.326 e. The molecule has 0 aliphatic heterocycles. The first-order chi connectivity index (χ1) is 14.2. The van der Waals surface area contributed by atoms with Crippen LogP contribution in [0.1, 0.15) is 20.3 Å². The molecule has 2 atom stereocenters. The lowest BCUT2D eigenvalue weighted by Gasteiger charge is -2.23. The van der Waals surface area contributed by atoms with E-state index in [1.54, 1.807) is 26.0 Å². The van der Waals surface area contributed by atoms with E-state index >= 15 is 0 Å². The summed E-state index contributed by atoms with van der Waals surface area (Å²) in [7, 11) is 0. The van der Waals surface area contributed by atoms with Crippen LogP contribution < -0.4 is 15.4 Å². The maximum absolute atomic E-state index is 12.4. The molecule has 0 aromatic heterocycles. The maximum atomic E-state index is 12.4. The van der Waals surface area contributed by atoms with Gasteiger partial charge < -0.3 is 25.6 Å². The number of carbonyl (C=O) groups excluding carboxylic acids is 2. The van der Waals surface area contributed by atoms with Gasteiger partial charge in [-0.3, -0.25) is 14.4 Å². The van der Waals surface area contributed by atoms with Crippen LogP contribution in [0.25, 0.3) is 10.8 Å². The van der Waals surface area contributed by atoms with E-state index < -0.39 is 42.3 Å². The smallest absolute Gasteiger partial charge is 0.326 e. The highest BCUT2D eigenvalue weighted by Gasteiger charge is 2.30. The number of hydrogen-bond acceptors (Lipinski definition) is 5. The number of carboxylic acid groups (broad SMARTS) is 2. The predicted octanol–water partition coefficient (Wildman–Crippen LogP) is 1.40. The Kier molecular flexibility index (Phi) is 7.74. The SMILES string of the molecule is CC(C)[C@H](NC(=O)COc1cccc2ccccc12)C(=O)N[C@@H](CC(=O)O)C(=O)O. The van der Waals surface area contributed by atoms with Crippen LogP contribution in [-0.4, -0.2) is 52.7 Å². The zero-order valence-corrected chi connectivity index (χ0v) is 16.6. The van der Waals surface area contributed by atoms with Crippen molar-refractivity contribution < 1.29 is 34.1 Å². The Morgan fingerprint density at radius 3 is 2.27 bits per heavy atom. The Morgan fingerprint density at radius 2 is 1.63 bits per heavy atom. The summed E-state index contributed by atoms with van der Waals surface area (Å²) in [6, 6.07) is 10.3. The quantitative estimate of drug-likeness (QED) is 0.459. The highest BCUT2D eigenvalue weighted by atomic mass is 16.5. The first-order valence-corrected chi connectivity index (χ1v) is 9.34. The molecule has 160 valence electrons. The topological polar surface area (TPSA) is 142 Å². The summed E-state index contributed by atoms with van der Waals surface area (Å²) in [4.78, 5) is 46.7. The van der Waals surface area contributed by atoms with E-state index in [0.717, 1.165) is 10.8 Å². The highest BCUT2D eigenvalue weighted by Crippen LogP contribution is 2.24. The van der Waals surface area contributed by atoms with Crippen molar-refractivity contribution in [2.24, 2.45) is 5.92 Å². The zero-order chi connectivity index (χ0) is 22.3. The lowest BCUT2D eigenvalue weighted by Crippen LogP contribution is -2.54. The predicted molar refractivity (Wildman–Crippen MR) is 108 cm³/mol. The molecule has 0 aliphatic carbocycles. The summed E-state index contributed by atoms with van der Waals surface area (Å²) >= 11 is 0. The average molecular weight is 416 g/mol. The van der Waals surface area contributed by atoms with Crippen molar-refractivity contribution in [3.8, 4) is 5.75 Å². The van der Waals surface area contributed by atoms with Gasteiger partial charge in [0.2, 0.25) is 5.91 Å². The van der Waals surface area contributed by atoms with Crippen molar-refractivity contribution in [1.29, 1.82) is 0 Å². The number of nitrogens with one attached hydrogen (secondary N) is 2. The molecule has 0 aliphatic rings. The van der Waals surface area contributed by atoms with Gasteiger partial charge >= 0.3 is 11.9 Å². The molecule has 2 rings (SSSR count). The van der Waals surface area contributed by atoms with Gasteiger partial charge in [0, 0.05) is 5.39 Å². The van der Waals surface area contributed by atoms with Crippen LogP contribution in [0, 0.1) is 5.92 Å². The van der Waals surface area contributed by atoms with Crippen molar-refractivity contribution >= 4 is 34.5 Å². The minimum atomic E-state index is -1.60. The van der Waals surface area contributed by atoms with Gasteiger partial charge in [0.25, 0.3) is 5.91 Å². The molecule has 2 amide bonds. The molecule has 30 heavy (non-hydrogen) atoms. The summed E-state index contributed by atoms with van der Waals surface area (Å²) in [6.45, 7) is 2.99. The molecule has 0 saturated carbocycles. The summed E-state index contributed by atoms with van der Waals surface area (Å²) < 4.78 is 5.60. The molecule has 2 aromatic carbocycles. The van der Waals surface area contributed by atoms with Crippen LogP contribution in [0.5, 0.6) is 5.75 Å². The lowest BCUT2D eigenvalue weighted by molar-refractivity contribution is -0.147. The molecule has 2 aromatic rings. The van der Waals surface area contributed by atoms with Crippen LogP contribution in [0.15, 0.2) is 42.5 Å². The van der Waals surface area contributed by atoms with Crippen LogP contribution in [0.4, 0.5) is 0 Å². The van der Waals surface area contributed by atoms with Crippen molar-refractivity contribution in [2.75, 3.05) is 6.61 Å². The standard InChI is InChI=1S/C21H24N2O7/c1-12(2)19(20(27)22-15(21(28)29)10-18(25)26)23-17(24)11-30-16-9-5-7-13-6-3-4-8-14(13)16/h3-9,12,15,19H,10-11H2,1-2H3,(H,22,27)(H,23,24)(H,25,26)(H,28,29)/t15-,19-/m0/s1. The van der Waals surface area contributed by atoms with Crippen molar-refractivity contribution in [3.05, 3.63) is 42.5 Å². The molecule has 0 saturated heterocycles. The Hall–Kier alpha value is -3.62. The third-order valence-corrected chi connectivity index (χ3v) is 4.37. The first-order valence-electron chi connectivity index (χ1n) is 9.34. The van der Waals surface area contributed by atoms with Crippen molar-refractivity contribution in [3.63, 3.8) is 0 Å². The normalized spacial score (nSPS) is 12.8. The van der Waals surface area contributed by atoms with Gasteiger partial charge in [-0.15, -0.1) is 0 Å². The molecular formula is C21H24N2O7. The van der Waals surface area contributed by atoms with Gasteiger partial charge in [0.15, 0.2) is 6.61 Å². The summed E-state index contributed by atoms with van der Waals surface area (Å²) in [5.74, 6) is -4.04. The van der Waals surface area contributed by atoms with Gasteiger partial charge in [0.1, 0.15) is 17.8 Å². The number of ether oxygens (including phenoxy) is 1. The molecule has 4 N–H and O–H groups in total. The summed E-state index contributed by atoms with van der Waals surface area (Å²) in [6.07, 6.45) is -0.774. The van der Waals surface area contributed by atoms with Crippen molar-refractivity contribution in [1.82, 2.24) is 10.6 Å². The van der Waals surface area contributed by atoms with E-state index in [0.29, 0.717) is 5.75 Å². The van der Waals surface area contributed by atoms with Crippen LogP contribution in [0.2, 0.25) is 0 Å². The Balaban J connectivity index is 2.01. The van der Waals surface area contributed by atoms with Crippen LogP contribution in [-0.2, 0) is 19.2 Å². The van der Waals surface area contributed by atoms with E-state index in [1.165, 1.54) is 0 Å². The summed E-state index contributed by atoms with van der Waals surface area (Å²) in [5.41, 5.74) is 0. The number of rotatable bonds is 10. The fourth-order valence-corrected chi connectivity index (χ4v) is 2.85. The molecule has 0 unspecified atom stereocenters. The van der Waals surface area contributed by atoms with E-state index in [2.05, 4.69) is 10.6 Å². The Bertz CT molecular complexity index is 937. The second-order valence-electron chi connectivity index (χ2n) is 7.05. The second-order valence-corrected chi connectivity index (χ2v) is 7.05. The molecule has 9 nitrogen and oxygen atoms in total. The number of carboxylic acids is 2. The van der Waals surface area contributed by atoms with Gasteiger partial charge in [-0.2, -0.15) is 0 Å². The lowest BCUT2D eigenvalue weighted by atomic mass is 10.0. The fourth-order valence-electron chi connectivity index (χ4n) is 2.85. The third kappa shape index (κ3) is 6.20. The number of aliphatic carboxylic acids is 2. The fraction of sp³-hybridized carbons (Fsp3) is 0.333. The number of fused-ring (bicyclic) bond motifs is 1. The molecule has 0 radical (unpaired) electrons. The van der Waals surface area contributed by atoms with Gasteiger partial charge in [-0.05, 0) is 17.4 Å². The minimum Gasteiger partial charge on any atom is -0.483 e. The molecule has 0 fully saturated rings. The Morgan fingerprint density at radius 1 is 0.967 bits per heavy atom. The largest absolute Gasteiger partial charge is 0.483 e. The summed E-state index contributed by atoms with van der Waals surface area (Å²) in [5, 5.41) is 24.3. The number of carbonyl (C=O) groups is 4. The second kappa shape index (κ2) is 10.2. The average Bonchev–Trinajstić information content (AvgIpc) is 2.69. The molecule has 0 heterocycles. The van der Waals surface area contributed by atoms with E-state index in [-0.39, 0.29) is 12.5 Å². The monoisotopic (exact) mass is 416 g/mol.